The lowest BCUT2D eigenvalue weighted by molar-refractivity contribution is -0.142. The van der Waals surface area contributed by atoms with E-state index in [0.717, 1.165) is 5.56 Å². The van der Waals surface area contributed by atoms with Gasteiger partial charge in [0.05, 0.1) is 6.10 Å². The van der Waals surface area contributed by atoms with Gasteiger partial charge in [0.2, 0.25) is 0 Å². The largest absolute Gasteiger partial charge is 0.480 e. The van der Waals surface area contributed by atoms with Gasteiger partial charge in [0.25, 0.3) is 0 Å². The molecule has 0 unspecified atom stereocenters. The number of carbonyl (C=O) groups is 1. The number of hydrogen-bond acceptors (Lipinski definition) is 4. The maximum Gasteiger partial charge on any atom is 0.323 e. The molecule has 0 saturated carbocycles. The fourth-order valence-electron chi connectivity index (χ4n) is 1.19. The lowest BCUT2D eigenvalue weighted by atomic mass is 10.1. The smallest absolute Gasteiger partial charge is 0.323 e. The Bertz CT molecular complexity index is 314. The number of aromatic nitrogens is 1. The normalized spacial score (nSPS) is 14.5. The fourth-order valence-corrected chi connectivity index (χ4v) is 1.19. The van der Waals surface area contributed by atoms with E-state index in [2.05, 4.69) is 10.3 Å². The van der Waals surface area contributed by atoms with E-state index >= 15 is 0 Å². The van der Waals surface area contributed by atoms with E-state index in [0.29, 0.717) is 6.54 Å². The predicted molar refractivity (Wildman–Crippen MR) is 54.2 cm³/mol. The van der Waals surface area contributed by atoms with E-state index in [1.165, 1.54) is 6.92 Å². The Kier molecular flexibility index (Phi) is 4.20. The van der Waals surface area contributed by atoms with Crippen LogP contribution in [0.4, 0.5) is 0 Å². The molecule has 1 aromatic heterocycles. The van der Waals surface area contributed by atoms with Crippen LogP contribution in [-0.4, -0.2) is 33.3 Å². The van der Waals surface area contributed by atoms with E-state index in [1.807, 2.05) is 0 Å². The second-order valence-electron chi connectivity index (χ2n) is 3.29. The van der Waals surface area contributed by atoms with Crippen molar-refractivity contribution in [2.75, 3.05) is 0 Å². The van der Waals surface area contributed by atoms with Crippen LogP contribution >= 0.6 is 0 Å². The molecule has 0 aliphatic rings. The number of rotatable bonds is 5. The van der Waals surface area contributed by atoms with Gasteiger partial charge < -0.3 is 10.2 Å². The number of aliphatic hydroxyl groups is 1. The quantitative estimate of drug-likeness (QED) is 0.637. The third kappa shape index (κ3) is 3.65. The van der Waals surface area contributed by atoms with Crippen LogP contribution in [0.2, 0.25) is 0 Å². The number of hydrogen-bond donors (Lipinski definition) is 3. The molecule has 0 aliphatic heterocycles. The minimum Gasteiger partial charge on any atom is -0.480 e. The van der Waals surface area contributed by atoms with Crippen LogP contribution < -0.4 is 5.32 Å². The maximum absolute atomic E-state index is 10.7. The molecule has 82 valence electrons. The average Bonchev–Trinajstić information content (AvgIpc) is 2.18. The first-order valence-electron chi connectivity index (χ1n) is 4.64. The van der Waals surface area contributed by atoms with Crippen molar-refractivity contribution in [1.29, 1.82) is 0 Å². The highest BCUT2D eigenvalue weighted by atomic mass is 16.4. The number of carboxylic acids is 1. The molecule has 5 heteroatoms. The van der Waals surface area contributed by atoms with Crippen LogP contribution in [0.15, 0.2) is 24.5 Å². The number of nitrogens with zero attached hydrogens (tertiary/aromatic N) is 1. The van der Waals surface area contributed by atoms with Crippen molar-refractivity contribution < 1.29 is 15.0 Å². The van der Waals surface area contributed by atoms with Crippen molar-refractivity contribution in [3.8, 4) is 0 Å². The second kappa shape index (κ2) is 5.43. The zero-order valence-corrected chi connectivity index (χ0v) is 8.42. The van der Waals surface area contributed by atoms with E-state index in [1.54, 1.807) is 24.5 Å². The summed E-state index contributed by atoms with van der Waals surface area (Å²) in [5.74, 6) is -1.06. The highest BCUT2D eigenvalue weighted by Gasteiger charge is 2.21. The van der Waals surface area contributed by atoms with Gasteiger partial charge in [-0.3, -0.25) is 15.1 Å². The van der Waals surface area contributed by atoms with Gasteiger partial charge >= 0.3 is 5.97 Å². The molecular formula is C10H14N2O3. The van der Waals surface area contributed by atoms with Gasteiger partial charge in [-0.25, -0.2) is 0 Å². The van der Waals surface area contributed by atoms with E-state index in [9.17, 15) is 9.90 Å². The molecule has 0 saturated heterocycles. The lowest BCUT2D eigenvalue weighted by Gasteiger charge is -2.16. The Morgan fingerprint density at radius 3 is 2.60 bits per heavy atom. The Morgan fingerprint density at radius 1 is 1.53 bits per heavy atom. The summed E-state index contributed by atoms with van der Waals surface area (Å²) in [6, 6.07) is 2.63. The van der Waals surface area contributed by atoms with Crippen molar-refractivity contribution in [1.82, 2.24) is 10.3 Å². The van der Waals surface area contributed by atoms with Crippen LogP contribution in [-0.2, 0) is 11.3 Å². The van der Waals surface area contributed by atoms with Crippen LogP contribution in [0.3, 0.4) is 0 Å². The summed E-state index contributed by atoms with van der Waals surface area (Å²) in [4.78, 5) is 14.6. The van der Waals surface area contributed by atoms with Crippen LogP contribution in [0, 0.1) is 0 Å². The molecule has 15 heavy (non-hydrogen) atoms. The van der Waals surface area contributed by atoms with Crippen molar-refractivity contribution in [3.05, 3.63) is 30.1 Å². The zero-order valence-electron chi connectivity index (χ0n) is 8.42. The van der Waals surface area contributed by atoms with Crippen molar-refractivity contribution in [2.45, 2.75) is 25.6 Å². The summed E-state index contributed by atoms with van der Waals surface area (Å²) in [7, 11) is 0. The standard InChI is InChI=1S/C10H14N2O3/c1-7(13)9(10(14)15)12-6-8-2-4-11-5-3-8/h2-5,7,9,12-13H,6H2,1H3,(H,14,15)/t7-,9+/m1/s1. The first-order chi connectivity index (χ1) is 7.11. The molecule has 0 radical (unpaired) electrons. The van der Waals surface area contributed by atoms with Crippen LogP contribution in [0.5, 0.6) is 0 Å². The molecule has 0 fully saturated rings. The molecule has 0 amide bonds. The topological polar surface area (TPSA) is 82.5 Å². The van der Waals surface area contributed by atoms with Crippen LogP contribution in [0.25, 0.3) is 0 Å². The Balaban J connectivity index is 2.51. The van der Waals surface area contributed by atoms with E-state index in [4.69, 9.17) is 5.11 Å². The molecule has 0 bridgehead atoms. The summed E-state index contributed by atoms with van der Waals surface area (Å²) < 4.78 is 0. The molecule has 5 nitrogen and oxygen atoms in total. The number of aliphatic carboxylic acids is 1. The average molecular weight is 210 g/mol. The molecule has 1 rings (SSSR count). The Hall–Kier alpha value is -1.46. The second-order valence-corrected chi connectivity index (χ2v) is 3.29. The van der Waals surface area contributed by atoms with Gasteiger partial charge in [-0.1, -0.05) is 0 Å². The highest BCUT2D eigenvalue weighted by Crippen LogP contribution is 1.99. The van der Waals surface area contributed by atoms with Gasteiger partial charge in [0.15, 0.2) is 0 Å². The van der Waals surface area contributed by atoms with Gasteiger partial charge in [-0.05, 0) is 24.6 Å². The number of aliphatic hydroxyl groups excluding tert-OH is 1. The third-order valence-corrected chi connectivity index (χ3v) is 2.02. The van der Waals surface area contributed by atoms with Crippen molar-refractivity contribution >= 4 is 5.97 Å². The summed E-state index contributed by atoms with van der Waals surface area (Å²) in [5.41, 5.74) is 0.928. The molecule has 2 atom stereocenters. The lowest BCUT2D eigenvalue weighted by Crippen LogP contribution is -2.44. The van der Waals surface area contributed by atoms with Crippen molar-refractivity contribution in [3.63, 3.8) is 0 Å². The molecule has 1 heterocycles. The maximum atomic E-state index is 10.7. The molecule has 3 N–H and O–H groups in total. The van der Waals surface area contributed by atoms with E-state index in [-0.39, 0.29) is 0 Å². The molecule has 0 spiro atoms. The van der Waals surface area contributed by atoms with E-state index < -0.39 is 18.1 Å². The monoisotopic (exact) mass is 210 g/mol. The van der Waals surface area contributed by atoms with Gasteiger partial charge in [-0.2, -0.15) is 0 Å². The first-order valence-corrected chi connectivity index (χ1v) is 4.64. The fraction of sp³-hybridized carbons (Fsp3) is 0.400. The minimum absolute atomic E-state index is 0.393. The van der Waals surface area contributed by atoms with Crippen molar-refractivity contribution in [2.24, 2.45) is 0 Å². The number of carboxylic acid groups (broad SMARTS) is 1. The SMILES string of the molecule is C[C@@H](O)[C@H](NCc1ccncc1)C(=O)O. The summed E-state index contributed by atoms with van der Waals surface area (Å²) in [5, 5.41) is 20.7. The Labute approximate surface area is 87.8 Å². The number of nitrogens with one attached hydrogen (secondary N) is 1. The summed E-state index contributed by atoms with van der Waals surface area (Å²) in [6.07, 6.45) is 2.34. The zero-order chi connectivity index (χ0) is 11.3. The number of pyridine rings is 1. The molecule has 0 aromatic carbocycles. The summed E-state index contributed by atoms with van der Waals surface area (Å²) in [6.45, 7) is 1.84. The molecule has 0 aliphatic carbocycles. The first kappa shape index (κ1) is 11.6. The molecule has 1 aromatic rings. The third-order valence-electron chi connectivity index (χ3n) is 2.02. The van der Waals surface area contributed by atoms with Gasteiger partial charge in [0.1, 0.15) is 6.04 Å². The Morgan fingerprint density at radius 2 is 2.13 bits per heavy atom. The summed E-state index contributed by atoms with van der Waals surface area (Å²) >= 11 is 0. The van der Waals surface area contributed by atoms with Crippen LogP contribution in [0.1, 0.15) is 12.5 Å². The van der Waals surface area contributed by atoms with Gasteiger partial charge in [0, 0.05) is 18.9 Å². The molecular weight excluding hydrogens is 196 g/mol. The predicted octanol–water partition coefficient (Wildman–Crippen LogP) is 0.00520. The highest BCUT2D eigenvalue weighted by molar-refractivity contribution is 5.74. The minimum atomic E-state index is -1.06. The van der Waals surface area contributed by atoms with Gasteiger partial charge in [-0.15, -0.1) is 0 Å².